The van der Waals surface area contributed by atoms with Crippen LogP contribution in [-0.2, 0) is 14.8 Å². The van der Waals surface area contributed by atoms with Crippen molar-refractivity contribution in [3.8, 4) is 16.9 Å². The number of thiocarbonyl (C=S) groups is 1. The van der Waals surface area contributed by atoms with Gasteiger partial charge in [-0.25, -0.2) is 13.1 Å². The van der Waals surface area contributed by atoms with Gasteiger partial charge in [-0.3, -0.25) is 9.69 Å². The summed E-state index contributed by atoms with van der Waals surface area (Å²) < 4.78 is 31.2. The summed E-state index contributed by atoms with van der Waals surface area (Å²) in [7, 11) is -3.65. The molecule has 7 nitrogen and oxygen atoms in total. The van der Waals surface area contributed by atoms with Crippen LogP contribution in [0.25, 0.3) is 23.0 Å². The Balaban J connectivity index is 1.51. The number of sulfonamides is 1. The molecule has 2 saturated heterocycles. The number of nitrogens with zero attached hydrogens (tertiary/aromatic N) is 4. The van der Waals surface area contributed by atoms with Gasteiger partial charge in [-0.05, 0) is 61.4 Å². The quantitative estimate of drug-likeness (QED) is 0.162. The van der Waals surface area contributed by atoms with E-state index in [0.29, 0.717) is 52.0 Å². The first-order valence-corrected chi connectivity index (χ1v) is 17.9. The number of carbonyl (C=O) groups excluding carboxylic acids is 1. The molecule has 1 amide bonds. The number of unbranched alkanes of at least 4 members (excludes halogenated alkanes) is 1. The van der Waals surface area contributed by atoms with Crippen molar-refractivity contribution in [2.45, 2.75) is 64.2 Å². The Morgan fingerprint density at radius 2 is 1.93 bits per heavy atom. The number of hydrogen-bond acceptors (Lipinski definition) is 6. The molecule has 2 aliphatic rings. The summed E-state index contributed by atoms with van der Waals surface area (Å²) >= 11 is 6.98. The Morgan fingerprint density at radius 1 is 1.14 bits per heavy atom. The van der Waals surface area contributed by atoms with Gasteiger partial charge in [0.05, 0.1) is 15.5 Å². The summed E-state index contributed by atoms with van der Waals surface area (Å²) in [4.78, 5) is 16.1. The Bertz CT molecular complexity index is 1600. The molecule has 0 saturated carbocycles. The van der Waals surface area contributed by atoms with E-state index in [9.17, 15) is 13.2 Å². The van der Waals surface area contributed by atoms with E-state index in [2.05, 4.69) is 20.8 Å². The molecular weight excluding hydrogens is 597 g/mol. The Morgan fingerprint density at radius 3 is 2.65 bits per heavy atom. The summed E-state index contributed by atoms with van der Waals surface area (Å²) in [6, 6.07) is 16.7. The summed E-state index contributed by atoms with van der Waals surface area (Å²) in [6.45, 7) is 8.13. The third-order valence-corrected chi connectivity index (χ3v) is 11.5. The second-order valence-electron chi connectivity index (χ2n) is 11.6. The fraction of sp³-hybridized carbons (Fsp3) is 0.424. The number of benzene rings is 2. The fourth-order valence-corrected chi connectivity index (χ4v) is 8.63. The zero-order valence-electron chi connectivity index (χ0n) is 25.1. The Hall–Kier alpha value is -2.79. The highest BCUT2D eigenvalue weighted by Crippen LogP contribution is 2.36. The van der Waals surface area contributed by atoms with Crippen LogP contribution >= 0.6 is 24.0 Å². The maximum atomic E-state index is 13.6. The minimum atomic E-state index is -3.65. The van der Waals surface area contributed by atoms with Gasteiger partial charge < -0.3 is 0 Å². The van der Waals surface area contributed by atoms with Crippen LogP contribution in [0, 0.1) is 11.8 Å². The number of rotatable bonds is 11. The van der Waals surface area contributed by atoms with Gasteiger partial charge in [0.25, 0.3) is 5.91 Å². The third-order valence-electron chi connectivity index (χ3n) is 8.27. The van der Waals surface area contributed by atoms with Gasteiger partial charge in [0.1, 0.15) is 10.0 Å². The second-order valence-corrected chi connectivity index (χ2v) is 15.2. The maximum absolute atomic E-state index is 13.6. The molecule has 228 valence electrons. The number of amides is 1. The molecule has 2 unspecified atom stereocenters. The third kappa shape index (κ3) is 7.14. The number of para-hydroxylation sites is 1. The predicted octanol–water partition coefficient (Wildman–Crippen LogP) is 7.38. The van der Waals surface area contributed by atoms with Gasteiger partial charge >= 0.3 is 0 Å². The van der Waals surface area contributed by atoms with E-state index in [-0.39, 0.29) is 10.8 Å². The number of piperidine rings is 1. The van der Waals surface area contributed by atoms with Crippen LogP contribution in [0.2, 0.25) is 0 Å². The van der Waals surface area contributed by atoms with E-state index >= 15 is 0 Å². The molecule has 0 bridgehead atoms. The highest BCUT2D eigenvalue weighted by Gasteiger charge is 2.34. The molecule has 0 spiro atoms. The lowest BCUT2D eigenvalue weighted by Gasteiger charge is -2.30. The molecule has 3 heterocycles. The van der Waals surface area contributed by atoms with Crippen LogP contribution in [0.15, 0.2) is 70.6 Å². The monoisotopic (exact) mass is 636 g/mol. The van der Waals surface area contributed by atoms with Crippen molar-refractivity contribution in [1.29, 1.82) is 0 Å². The van der Waals surface area contributed by atoms with Crippen LogP contribution in [0.3, 0.4) is 0 Å². The first kappa shape index (κ1) is 31.6. The Labute approximate surface area is 265 Å². The van der Waals surface area contributed by atoms with Gasteiger partial charge in [-0.1, -0.05) is 94.3 Å². The largest absolute Gasteiger partial charge is 0.293 e. The molecule has 2 aliphatic heterocycles. The minimum Gasteiger partial charge on any atom is -0.293 e. The molecule has 2 aromatic carbocycles. The van der Waals surface area contributed by atoms with E-state index in [1.165, 1.54) is 11.8 Å². The fourth-order valence-electron chi connectivity index (χ4n) is 5.72. The van der Waals surface area contributed by atoms with Crippen molar-refractivity contribution in [2.75, 3.05) is 19.6 Å². The smallest absolute Gasteiger partial charge is 0.266 e. The first-order chi connectivity index (χ1) is 20.7. The lowest BCUT2D eigenvalue weighted by Crippen LogP contribution is -2.39. The standard InChI is InChI=1S/C33H40N4O3S3/c1-4-6-13-25(5-2)22-36-32(38)30(42-33(36)41)20-27-23-37(28-15-8-7-9-16-28)34-31(27)26-14-10-17-29(19-26)43(39,40)35-18-11-12-24(3)21-35/h7-10,14-17,19-20,23-25H,4-6,11-13,18,21-22H2,1-3H3/b30-20-. The van der Waals surface area contributed by atoms with Gasteiger partial charge in [-0.15, -0.1) is 0 Å². The molecule has 2 fully saturated rings. The lowest BCUT2D eigenvalue weighted by atomic mass is 9.99. The van der Waals surface area contributed by atoms with E-state index in [4.69, 9.17) is 17.3 Å². The summed E-state index contributed by atoms with van der Waals surface area (Å²) in [5, 5.41) is 4.90. The molecule has 10 heteroatoms. The molecular formula is C33H40N4O3S3. The molecule has 2 atom stereocenters. The minimum absolute atomic E-state index is 0.0843. The maximum Gasteiger partial charge on any atom is 0.266 e. The SMILES string of the molecule is CCCCC(CC)CN1C(=O)/C(=C/c2cn(-c3ccccc3)nc2-c2cccc(S(=O)(=O)N3CCCC(C)C3)c2)SC1=S. The summed E-state index contributed by atoms with van der Waals surface area (Å²) in [5.41, 5.74) is 2.87. The van der Waals surface area contributed by atoms with Crippen LogP contribution in [0.4, 0.5) is 0 Å². The van der Waals surface area contributed by atoms with E-state index in [1.54, 1.807) is 32.1 Å². The van der Waals surface area contributed by atoms with Gasteiger partial charge in [0, 0.05) is 37.0 Å². The molecule has 5 rings (SSSR count). The van der Waals surface area contributed by atoms with Crippen molar-refractivity contribution in [2.24, 2.45) is 11.8 Å². The Kier molecular flexibility index (Phi) is 10.2. The number of aromatic nitrogens is 2. The number of carbonyl (C=O) groups is 1. The second kappa shape index (κ2) is 13.9. The van der Waals surface area contributed by atoms with Crippen LogP contribution in [-0.4, -0.2) is 57.3 Å². The van der Waals surface area contributed by atoms with Crippen molar-refractivity contribution in [1.82, 2.24) is 19.0 Å². The van der Waals surface area contributed by atoms with Crippen LogP contribution in [0.1, 0.15) is 64.9 Å². The van der Waals surface area contributed by atoms with Crippen LogP contribution < -0.4 is 0 Å². The number of thioether (sulfide) groups is 1. The normalized spacial score (nSPS) is 19.8. The van der Waals surface area contributed by atoms with Gasteiger partial charge in [-0.2, -0.15) is 9.40 Å². The molecule has 1 aromatic heterocycles. The molecule has 0 N–H and O–H groups in total. The van der Waals surface area contributed by atoms with Crippen LogP contribution in [0.5, 0.6) is 0 Å². The first-order valence-electron chi connectivity index (χ1n) is 15.2. The molecule has 3 aromatic rings. The van der Waals surface area contributed by atoms with E-state index < -0.39 is 10.0 Å². The van der Waals surface area contributed by atoms with Crippen molar-refractivity contribution in [3.63, 3.8) is 0 Å². The molecule has 43 heavy (non-hydrogen) atoms. The highest BCUT2D eigenvalue weighted by atomic mass is 32.2. The van der Waals surface area contributed by atoms with Gasteiger partial charge in [0.15, 0.2) is 0 Å². The lowest BCUT2D eigenvalue weighted by molar-refractivity contribution is -0.122. The topological polar surface area (TPSA) is 75.5 Å². The zero-order valence-corrected chi connectivity index (χ0v) is 27.6. The van der Waals surface area contributed by atoms with E-state index in [1.807, 2.05) is 48.7 Å². The molecule has 0 aliphatic carbocycles. The van der Waals surface area contributed by atoms with Crippen molar-refractivity contribution >= 4 is 50.3 Å². The summed E-state index contributed by atoms with van der Waals surface area (Å²) in [5.74, 6) is 0.655. The summed E-state index contributed by atoms with van der Waals surface area (Å²) in [6.07, 6.45) is 9.98. The van der Waals surface area contributed by atoms with Crippen molar-refractivity contribution in [3.05, 3.63) is 71.3 Å². The highest BCUT2D eigenvalue weighted by molar-refractivity contribution is 8.26. The zero-order chi connectivity index (χ0) is 30.6. The molecule has 0 radical (unpaired) electrons. The predicted molar refractivity (Wildman–Crippen MR) is 179 cm³/mol. The van der Waals surface area contributed by atoms with Gasteiger partial charge in [0.2, 0.25) is 10.0 Å². The average molecular weight is 637 g/mol. The number of hydrogen-bond donors (Lipinski definition) is 0. The average Bonchev–Trinajstić information content (AvgIpc) is 3.55. The van der Waals surface area contributed by atoms with Crippen molar-refractivity contribution < 1.29 is 13.2 Å². The van der Waals surface area contributed by atoms with E-state index in [0.717, 1.165) is 49.8 Å².